The van der Waals surface area contributed by atoms with E-state index in [4.69, 9.17) is 6.42 Å². The number of terminal acetylenes is 1. The molecule has 23 heavy (non-hydrogen) atoms. The molecule has 0 saturated heterocycles. The Balaban J connectivity index is 1.90. The van der Waals surface area contributed by atoms with Gasteiger partial charge in [-0.05, 0) is 24.3 Å². The molecule has 1 aromatic carbocycles. The first kappa shape index (κ1) is 14.8. The van der Waals surface area contributed by atoms with Crippen LogP contribution in [0.2, 0.25) is 0 Å². The summed E-state index contributed by atoms with van der Waals surface area (Å²) in [6.07, 6.45) is 8.69. The number of carbonyl (C=O) groups excluding carboxylic acids is 1. The van der Waals surface area contributed by atoms with Crippen LogP contribution in [-0.4, -0.2) is 32.4 Å². The Labute approximate surface area is 134 Å². The third kappa shape index (κ3) is 2.92. The number of amides is 1. The molecule has 2 aromatic heterocycles. The molecule has 1 amide bonds. The van der Waals surface area contributed by atoms with Gasteiger partial charge in [-0.3, -0.25) is 9.78 Å². The van der Waals surface area contributed by atoms with Crippen LogP contribution in [0.3, 0.4) is 0 Å². The van der Waals surface area contributed by atoms with Crippen molar-refractivity contribution in [3.05, 3.63) is 60.2 Å². The van der Waals surface area contributed by atoms with Crippen molar-refractivity contribution in [1.29, 1.82) is 0 Å². The number of nitrogens with zero attached hydrogens (tertiary/aromatic N) is 4. The van der Waals surface area contributed by atoms with E-state index in [1.165, 1.54) is 0 Å². The van der Waals surface area contributed by atoms with Gasteiger partial charge >= 0.3 is 0 Å². The second kappa shape index (κ2) is 6.32. The molecule has 2 heterocycles. The van der Waals surface area contributed by atoms with Gasteiger partial charge in [-0.25, -0.2) is 4.98 Å². The van der Waals surface area contributed by atoms with Crippen LogP contribution in [-0.2, 0) is 13.1 Å². The van der Waals surface area contributed by atoms with Gasteiger partial charge in [-0.15, -0.1) is 6.42 Å². The lowest BCUT2D eigenvalue weighted by atomic mass is 10.2. The number of hydrogen-bond donors (Lipinski definition) is 0. The average molecular weight is 304 g/mol. The van der Waals surface area contributed by atoms with E-state index in [0.29, 0.717) is 18.7 Å². The molecular formula is C18H16N4O. The molecule has 0 N–H and O–H groups in total. The summed E-state index contributed by atoms with van der Waals surface area (Å²) in [5.74, 6) is 3.34. The minimum atomic E-state index is -0.0771. The maximum absolute atomic E-state index is 12.5. The summed E-state index contributed by atoms with van der Waals surface area (Å²) in [6.45, 7) is 0.810. The second-order valence-corrected chi connectivity index (χ2v) is 5.20. The summed E-state index contributed by atoms with van der Waals surface area (Å²) in [6, 6.07) is 11.2. The number of fused-ring (bicyclic) bond motifs is 1. The highest BCUT2D eigenvalue weighted by molar-refractivity contribution is 5.93. The van der Waals surface area contributed by atoms with Crippen LogP contribution in [0.5, 0.6) is 0 Å². The molecule has 3 aromatic rings. The number of rotatable bonds is 4. The molecular weight excluding hydrogens is 288 g/mol. The van der Waals surface area contributed by atoms with Gasteiger partial charge in [0.2, 0.25) is 0 Å². The Kier molecular flexibility index (Phi) is 4.07. The number of para-hydroxylation sites is 2. The SMILES string of the molecule is C#CCn1c(CN(C)C(=O)c2ccncc2)nc2ccccc21. The molecule has 0 unspecified atom stereocenters. The molecule has 0 aliphatic heterocycles. The lowest BCUT2D eigenvalue weighted by Gasteiger charge is -2.17. The van der Waals surface area contributed by atoms with E-state index in [0.717, 1.165) is 16.9 Å². The van der Waals surface area contributed by atoms with Crippen molar-refractivity contribution < 1.29 is 4.79 Å². The fourth-order valence-corrected chi connectivity index (χ4v) is 2.51. The van der Waals surface area contributed by atoms with Crippen molar-refractivity contribution in [1.82, 2.24) is 19.4 Å². The molecule has 114 valence electrons. The predicted molar refractivity (Wildman–Crippen MR) is 88.6 cm³/mol. The van der Waals surface area contributed by atoms with E-state index in [2.05, 4.69) is 15.9 Å². The Morgan fingerprint density at radius 3 is 2.74 bits per heavy atom. The number of hydrogen-bond acceptors (Lipinski definition) is 3. The first-order chi connectivity index (χ1) is 11.2. The summed E-state index contributed by atoms with van der Waals surface area (Å²) in [7, 11) is 1.75. The lowest BCUT2D eigenvalue weighted by molar-refractivity contribution is 0.0780. The largest absolute Gasteiger partial charge is 0.334 e. The third-order valence-corrected chi connectivity index (χ3v) is 3.64. The molecule has 0 radical (unpaired) electrons. The minimum Gasteiger partial charge on any atom is -0.334 e. The first-order valence-corrected chi connectivity index (χ1v) is 7.24. The Morgan fingerprint density at radius 2 is 2.00 bits per heavy atom. The van der Waals surface area contributed by atoms with E-state index >= 15 is 0 Å². The minimum absolute atomic E-state index is 0.0771. The third-order valence-electron chi connectivity index (χ3n) is 3.64. The number of carbonyl (C=O) groups is 1. The highest BCUT2D eigenvalue weighted by Gasteiger charge is 2.16. The summed E-state index contributed by atoms with van der Waals surface area (Å²) < 4.78 is 1.96. The Morgan fingerprint density at radius 1 is 1.26 bits per heavy atom. The number of pyridine rings is 1. The molecule has 0 atom stereocenters. The van der Waals surface area contributed by atoms with Gasteiger partial charge in [0.05, 0.1) is 24.1 Å². The number of imidazole rings is 1. The van der Waals surface area contributed by atoms with E-state index < -0.39 is 0 Å². The van der Waals surface area contributed by atoms with Crippen LogP contribution in [0.4, 0.5) is 0 Å². The molecule has 5 heteroatoms. The van der Waals surface area contributed by atoms with Crippen molar-refractivity contribution in [3.8, 4) is 12.3 Å². The topological polar surface area (TPSA) is 51.0 Å². The molecule has 0 saturated carbocycles. The van der Waals surface area contributed by atoms with Crippen LogP contribution >= 0.6 is 0 Å². The van der Waals surface area contributed by atoms with E-state index in [9.17, 15) is 4.79 Å². The summed E-state index contributed by atoms with van der Waals surface area (Å²) in [4.78, 5) is 22.6. The van der Waals surface area contributed by atoms with Gasteiger partial charge in [0, 0.05) is 25.0 Å². The van der Waals surface area contributed by atoms with Gasteiger partial charge in [0.25, 0.3) is 5.91 Å². The Bertz CT molecular complexity index is 877. The van der Waals surface area contributed by atoms with Gasteiger partial charge in [0.15, 0.2) is 0 Å². The fourth-order valence-electron chi connectivity index (χ4n) is 2.51. The van der Waals surface area contributed by atoms with Gasteiger partial charge in [0.1, 0.15) is 5.82 Å². The average Bonchev–Trinajstić information content (AvgIpc) is 2.93. The zero-order chi connectivity index (χ0) is 16.2. The van der Waals surface area contributed by atoms with Crippen LogP contribution in [0.15, 0.2) is 48.8 Å². The maximum Gasteiger partial charge on any atom is 0.254 e. The first-order valence-electron chi connectivity index (χ1n) is 7.24. The van der Waals surface area contributed by atoms with Gasteiger partial charge < -0.3 is 9.47 Å². The molecule has 0 aliphatic carbocycles. The van der Waals surface area contributed by atoms with Crippen molar-refractivity contribution >= 4 is 16.9 Å². The monoisotopic (exact) mass is 304 g/mol. The number of aromatic nitrogens is 3. The van der Waals surface area contributed by atoms with Crippen molar-refractivity contribution in [3.63, 3.8) is 0 Å². The highest BCUT2D eigenvalue weighted by Crippen LogP contribution is 2.17. The Hall–Kier alpha value is -3.13. The van der Waals surface area contributed by atoms with Crippen molar-refractivity contribution in [2.75, 3.05) is 7.05 Å². The second-order valence-electron chi connectivity index (χ2n) is 5.20. The van der Waals surface area contributed by atoms with E-state index in [-0.39, 0.29) is 5.91 Å². The van der Waals surface area contributed by atoms with Crippen LogP contribution in [0, 0.1) is 12.3 Å². The molecule has 0 fully saturated rings. The predicted octanol–water partition coefficient (Wildman–Crippen LogP) is 2.34. The summed E-state index contributed by atoms with van der Waals surface area (Å²) in [5, 5.41) is 0. The van der Waals surface area contributed by atoms with E-state index in [1.807, 2.05) is 28.8 Å². The zero-order valence-corrected chi connectivity index (χ0v) is 12.8. The number of benzene rings is 1. The molecule has 0 aliphatic rings. The van der Waals surface area contributed by atoms with Gasteiger partial charge in [-0.1, -0.05) is 18.1 Å². The summed E-state index contributed by atoms with van der Waals surface area (Å²) >= 11 is 0. The van der Waals surface area contributed by atoms with E-state index in [1.54, 1.807) is 36.5 Å². The van der Waals surface area contributed by atoms with Crippen LogP contribution < -0.4 is 0 Å². The zero-order valence-electron chi connectivity index (χ0n) is 12.8. The lowest BCUT2D eigenvalue weighted by Crippen LogP contribution is -2.27. The van der Waals surface area contributed by atoms with Crippen LogP contribution in [0.25, 0.3) is 11.0 Å². The maximum atomic E-state index is 12.5. The smallest absolute Gasteiger partial charge is 0.254 e. The van der Waals surface area contributed by atoms with Crippen molar-refractivity contribution in [2.45, 2.75) is 13.1 Å². The van der Waals surface area contributed by atoms with Crippen LogP contribution in [0.1, 0.15) is 16.2 Å². The molecule has 3 rings (SSSR count). The fraction of sp³-hybridized carbons (Fsp3) is 0.167. The molecule has 0 spiro atoms. The normalized spacial score (nSPS) is 10.4. The van der Waals surface area contributed by atoms with Crippen molar-refractivity contribution in [2.24, 2.45) is 0 Å². The molecule has 0 bridgehead atoms. The highest BCUT2D eigenvalue weighted by atomic mass is 16.2. The quantitative estimate of drug-likeness (QED) is 0.695. The standard InChI is InChI=1S/C18H16N4O/c1-3-12-22-16-7-5-4-6-15(16)20-17(22)13-21(2)18(23)14-8-10-19-11-9-14/h1,4-11H,12-13H2,2H3. The summed E-state index contributed by atoms with van der Waals surface area (Å²) in [5.41, 5.74) is 2.45. The molecule has 5 nitrogen and oxygen atoms in total. The van der Waals surface area contributed by atoms with Gasteiger partial charge in [-0.2, -0.15) is 0 Å².